The molecule has 0 spiro atoms. The predicted molar refractivity (Wildman–Crippen MR) is 123 cm³/mol. The number of hydrogen-bond acceptors (Lipinski definition) is 5. The Morgan fingerprint density at radius 2 is 1.81 bits per heavy atom. The lowest BCUT2D eigenvalue weighted by atomic mass is 9.78. The number of aromatic nitrogens is 1. The normalized spacial score (nSPS) is 18.4. The highest BCUT2D eigenvalue weighted by Gasteiger charge is 2.27. The van der Waals surface area contributed by atoms with Crippen LogP contribution < -0.4 is 10.6 Å². The second-order valence-corrected chi connectivity index (χ2v) is 8.29. The van der Waals surface area contributed by atoms with E-state index in [0.717, 1.165) is 32.1 Å². The number of amides is 2. The second kappa shape index (κ2) is 10.4. The zero-order valence-electron chi connectivity index (χ0n) is 18.3. The van der Waals surface area contributed by atoms with Gasteiger partial charge in [-0.2, -0.15) is 0 Å². The average Bonchev–Trinajstić information content (AvgIpc) is 3.27. The third-order valence-corrected chi connectivity index (χ3v) is 6.15. The minimum Gasteiger partial charge on any atom is -0.385 e. The van der Waals surface area contributed by atoms with Crippen LogP contribution in [0.4, 0.5) is 5.69 Å². The van der Waals surface area contributed by atoms with Crippen molar-refractivity contribution in [2.75, 3.05) is 25.6 Å². The van der Waals surface area contributed by atoms with Crippen molar-refractivity contribution < 1.29 is 18.8 Å². The van der Waals surface area contributed by atoms with Crippen LogP contribution in [0.15, 0.2) is 53.1 Å². The summed E-state index contributed by atoms with van der Waals surface area (Å²) in [6.07, 6.45) is 4.63. The van der Waals surface area contributed by atoms with Crippen LogP contribution in [0.1, 0.15) is 54.1 Å². The fraction of sp³-hybridized carbons (Fsp3) is 0.400. The molecule has 1 aliphatic rings. The van der Waals surface area contributed by atoms with Gasteiger partial charge in [-0.15, -0.1) is 0 Å². The Hall–Kier alpha value is -3.19. The van der Waals surface area contributed by atoms with Gasteiger partial charge in [-0.3, -0.25) is 9.59 Å². The zero-order chi connectivity index (χ0) is 22.3. The third kappa shape index (κ3) is 5.16. The maximum Gasteiger partial charge on any atom is 0.294 e. The molecule has 0 unspecified atom stereocenters. The van der Waals surface area contributed by atoms with Gasteiger partial charge >= 0.3 is 0 Å². The lowest BCUT2D eigenvalue weighted by Gasteiger charge is -2.28. The summed E-state index contributed by atoms with van der Waals surface area (Å²) in [5.74, 6) is 0.601. The Labute approximate surface area is 187 Å². The number of anilines is 1. The smallest absolute Gasteiger partial charge is 0.294 e. The van der Waals surface area contributed by atoms with E-state index in [1.165, 1.54) is 5.56 Å². The fourth-order valence-electron chi connectivity index (χ4n) is 4.34. The van der Waals surface area contributed by atoms with Gasteiger partial charge in [0.1, 0.15) is 5.52 Å². The van der Waals surface area contributed by atoms with E-state index in [1.807, 2.05) is 36.4 Å². The van der Waals surface area contributed by atoms with Gasteiger partial charge in [-0.05, 0) is 67.9 Å². The maximum atomic E-state index is 12.6. The van der Waals surface area contributed by atoms with E-state index >= 15 is 0 Å². The van der Waals surface area contributed by atoms with Gasteiger partial charge in [0, 0.05) is 31.9 Å². The van der Waals surface area contributed by atoms with Gasteiger partial charge in [0.05, 0.1) is 5.39 Å². The summed E-state index contributed by atoms with van der Waals surface area (Å²) in [7, 11) is 1.67. The SMILES string of the molecule is COCCCNC(=O)[C@H]1CC[C@@H](c2ccc(NC(=O)c3onc4ccccc34)cc2)CC1. The van der Waals surface area contributed by atoms with Crippen molar-refractivity contribution in [2.45, 2.75) is 38.0 Å². The number of ether oxygens (including phenoxy) is 1. The first-order valence-electron chi connectivity index (χ1n) is 11.2. The van der Waals surface area contributed by atoms with Crippen LogP contribution in [-0.2, 0) is 9.53 Å². The molecule has 7 heteroatoms. The number of methoxy groups -OCH3 is 1. The number of benzene rings is 2. The third-order valence-electron chi connectivity index (χ3n) is 6.15. The molecule has 1 aromatic heterocycles. The van der Waals surface area contributed by atoms with Gasteiger partial charge < -0.3 is 19.9 Å². The lowest BCUT2D eigenvalue weighted by Crippen LogP contribution is -2.33. The van der Waals surface area contributed by atoms with E-state index < -0.39 is 0 Å². The maximum absolute atomic E-state index is 12.6. The van der Waals surface area contributed by atoms with Gasteiger partial charge in [0.15, 0.2) is 0 Å². The van der Waals surface area contributed by atoms with E-state index in [-0.39, 0.29) is 23.5 Å². The van der Waals surface area contributed by atoms with Crippen LogP contribution in [0.3, 0.4) is 0 Å². The number of nitrogens with zero attached hydrogens (tertiary/aromatic N) is 1. The first kappa shape index (κ1) is 22.0. The van der Waals surface area contributed by atoms with Crippen LogP contribution in [0.5, 0.6) is 0 Å². The zero-order valence-corrected chi connectivity index (χ0v) is 18.3. The first-order valence-corrected chi connectivity index (χ1v) is 11.2. The number of nitrogens with one attached hydrogen (secondary N) is 2. The Balaban J connectivity index is 1.29. The van der Waals surface area contributed by atoms with Crippen LogP contribution in [-0.4, -0.2) is 37.2 Å². The lowest BCUT2D eigenvalue weighted by molar-refractivity contribution is -0.126. The summed E-state index contributed by atoms with van der Waals surface area (Å²) in [5, 5.41) is 10.5. The Kier molecular flexibility index (Phi) is 7.17. The monoisotopic (exact) mass is 435 g/mol. The highest BCUT2D eigenvalue weighted by Crippen LogP contribution is 2.36. The van der Waals surface area contributed by atoms with Crippen LogP contribution in [0.2, 0.25) is 0 Å². The minimum atomic E-state index is -0.316. The number of carbonyl (C=O) groups is 2. The van der Waals surface area contributed by atoms with Gasteiger partial charge in [0.2, 0.25) is 11.7 Å². The van der Waals surface area contributed by atoms with Crippen LogP contribution in [0.25, 0.3) is 10.9 Å². The number of carbonyl (C=O) groups excluding carboxylic acids is 2. The molecule has 3 aromatic rings. The summed E-state index contributed by atoms with van der Waals surface area (Å²) in [6, 6.07) is 15.3. The van der Waals surface area contributed by atoms with E-state index in [1.54, 1.807) is 7.11 Å². The van der Waals surface area contributed by atoms with Crippen molar-refractivity contribution in [1.29, 1.82) is 0 Å². The number of hydrogen-bond donors (Lipinski definition) is 2. The molecule has 1 heterocycles. The summed E-state index contributed by atoms with van der Waals surface area (Å²) in [6.45, 7) is 1.34. The first-order chi connectivity index (χ1) is 15.7. The molecule has 2 N–H and O–H groups in total. The van der Waals surface area contributed by atoms with Crippen molar-refractivity contribution in [3.05, 3.63) is 59.9 Å². The Bertz CT molecular complexity index is 1050. The molecule has 1 fully saturated rings. The average molecular weight is 436 g/mol. The fourth-order valence-corrected chi connectivity index (χ4v) is 4.34. The van der Waals surface area contributed by atoms with Crippen LogP contribution in [0, 0.1) is 5.92 Å². The molecule has 2 amide bonds. The molecule has 4 rings (SSSR count). The molecule has 32 heavy (non-hydrogen) atoms. The van der Waals surface area contributed by atoms with E-state index in [0.29, 0.717) is 35.7 Å². The van der Waals surface area contributed by atoms with E-state index in [9.17, 15) is 9.59 Å². The van der Waals surface area contributed by atoms with Crippen molar-refractivity contribution in [2.24, 2.45) is 5.92 Å². The Morgan fingerprint density at radius 3 is 2.56 bits per heavy atom. The van der Waals surface area contributed by atoms with E-state index in [4.69, 9.17) is 9.26 Å². The molecular formula is C25H29N3O4. The van der Waals surface area contributed by atoms with Gasteiger partial charge in [-0.25, -0.2) is 0 Å². The van der Waals surface area contributed by atoms with Crippen molar-refractivity contribution in [3.8, 4) is 0 Å². The van der Waals surface area contributed by atoms with Crippen LogP contribution >= 0.6 is 0 Å². The van der Waals surface area contributed by atoms with Crippen molar-refractivity contribution in [3.63, 3.8) is 0 Å². The molecule has 0 bridgehead atoms. The number of rotatable bonds is 8. The summed E-state index contributed by atoms with van der Waals surface area (Å²) < 4.78 is 10.2. The van der Waals surface area contributed by atoms with E-state index in [2.05, 4.69) is 27.9 Å². The topological polar surface area (TPSA) is 93.5 Å². The molecule has 7 nitrogen and oxygen atoms in total. The summed E-state index contributed by atoms with van der Waals surface area (Å²) >= 11 is 0. The molecule has 0 radical (unpaired) electrons. The van der Waals surface area contributed by atoms with Crippen molar-refractivity contribution >= 4 is 28.4 Å². The molecule has 0 aliphatic heterocycles. The molecule has 2 aromatic carbocycles. The Morgan fingerprint density at radius 1 is 1.06 bits per heavy atom. The predicted octanol–water partition coefficient (Wildman–Crippen LogP) is 4.51. The highest BCUT2D eigenvalue weighted by atomic mass is 16.5. The highest BCUT2D eigenvalue weighted by molar-refractivity contribution is 6.10. The molecule has 1 aliphatic carbocycles. The minimum absolute atomic E-state index is 0.101. The standard InChI is InChI=1S/C25H29N3O4/c1-31-16-4-15-26-24(29)19-9-7-17(8-10-19)18-11-13-20(14-12-18)27-25(30)23-21-5-2-3-6-22(21)28-32-23/h2-3,5-6,11-14,17,19H,4,7-10,15-16H2,1H3,(H,26,29)(H,27,30)/t17-,19+. The van der Waals surface area contributed by atoms with Crippen molar-refractivity contribution in [1.82, 2.24) is 10.5 Å². The second-order valence-electron chi connectivity index (χ2n) is 8.29. The molecule has 0 saturated heterocycles. The van der Waals surface area contributed by atoms with Gasteiger partial charge in [0.25, 0.3) is 5.91 Å². The quantitative estimate of drug-likeness (QED) is 0.508. The molecule has 168 valence electrons. The molecule has 0 atom stereocenters. The molecular weight excluding hydrogens is 406 g/mol. The summed E-state index contributed by atoms with van der Waals surface area (Å²) in [5.41, 5.74) is 2.61. The summed E-state index contributed by atoms with van der Waals surface area (Å²) in [4.78, 5) is 24.9. The molecule has 1 saturated carbocycles. The largest absolute Gasteiger partial charge is 0.385 e. The van der Waals surface area contributed by atoms with Gasteiger partial charge in [-0.1, -0.05) is 29.4 Å². The number of fused-ring (bicyclic) bond motifs is 1.